The van der Waals surface area contributed by atoms with Crippen molar-refractivity contribution in [3.8, 4) is 0 Å². The van der Waals surface area contributed by atoms with Crippen molar-refractivity contribution in [3.63, 3.8) is 0 Å². The van der Waals surface area contributed by atoms with E-state index in [1.165, 1.54) is 0 Å². The van der Waals surface area contributed by atoms with Crippen LogP contribution in [0, 0.1) is 0 Å². The molecule has 9 nitrogen and oxygen atoms in total. The van der Waals surface area contributed by atoms with Gasteiger partial charge in [0, 0.05) is 99.7 Å². The molecule has 1 radical (unpaired) electrons. The second-order valence-corrected chi connectivity index (χ2v) is 10.6. The third kappa shape index (κ3) is 13.8. The standard InChI is InChI=1S/3C6H13N3S2.Fe/c3*1-8(6(10)11)9-4-2-7-3-5-9;/h3*7H,2-5H2,1H3,(H,10,11);/q;;;+3/p-3. The van der Waals surface area contributed by atoms with E-state index < -0.39 is 0 Å². The Labute approximate surface area is 248 Å². The maximum atomic E-state index is 4.88. The summed E-state index contributed by atoms with van der Waals surface area (Å²) in [5.41, 5.74) is 0. The molecule has 0 spiro atoms. The second-order valence-electron chi connectivity index (χ2n) is 7.48. The molecule has 197 valence electrons. The Morgan fingerprint density at radius 2 is 0.706 bits per heavy atom. The molecule has 0 unspecified atom stereocenters. The average molecular weight is 627 g/mol. The Kier molecular flexibility index (Phi) is 20.0. The molecule has 0 aliphatic carbocycles. The molecule has 3 fully saturated rings. The fourth-order valence-corrected chi connectivity index (χ4v) is 3.90. The van der Waals surface area contributed by atoms with E-state index in [0.29, 0.717) is 13.0 Å². The van der Waals surface area contributed by atoms with Gasteiger partial charge in [0.15, 0.2) is 0 Å². The number of hydrogen-bond acceptors (Lipinski definition) is 12. The van der Waals surface area contributed by atoms with Crippen molar-refractivity contribution in [2.24, 2.45) is 0 Å². The van der Waals surface area contributed by atoms with Gasteiger partial charge in [0.2, 0.25) is 0 Å². The summed E-state index contributed by atoms with van der Waals surface area (Å²) in [6.07, 6.45) is 0. The number of nitrogens with zero attached hydrogens (tertiary/aromatic N) is 6. The number of thiocarbonyl (C=S) groups is 3. The second kappa shape index (κ2) is 19.7. The van der Waals surface area contributed by atoms with Crippen molar-refractivity contribution in [2.45, 2.75) is 0 Å². The summed E-state index contributed by atoms with van der Waals surface area (Å²) >= 11 is 29.3. The van der Waals surface area contributed by atoms with Crippen molar-refractivity contribution >= 4 is 87.5 Å². The van der Waals surface area contributed by atoms with Crippen molar-refractivity contribution in [2.75, 3.05) is 99.7 Å². The van der Waals surface area contributed by atoms with Crippen LogP contribution in [0.5, 0.6) is 0 Å². The van der Waals surface area contributed by atoms with E-state index in [1.807, 2.05) is 36.2 Å². The predicted molar refractivity (Wildman–Crippen MR) is 157 cm³/mol. The smallest absolute Gasteiger partial charge is 0.410 e. The van der Waals surface area contributed by atoms with Crippen LogP contribution in [0.2, 0.25) is 0 Å². The van der Waals surface area contributed by atoms with Crippen LogP contribution in [0.1, 0.15) is 0 Å². The Bertz CT molecular complexity index is 522. The zero-order valence-corrected chi connectivity index (χ0v) is 26.0. The van der Waals surface area contributed by atoms with Crippen molar-refractivity contribution in [1.29, 1.82) is 0 Å². The SMILES string of the molecule is CN(C(=S)[S-])N1CCNCC1.CN(C(=S)[S-])N1CCNCC1.CN(C(=S)[S-])N1CCNCC1.[Fe+3]. The van der Waals surface area contributed by atoms with Crippen molar-refractivity contribution in [1.82, 2.24) is 46.0 Å². The van der Waals surface area contributed by atoms with Crippen molar-refractivity contribution < 1.29 is 17.1 Å². The molecule has 0 atom stereocenters. The molecule has 0 aromatic rings. The van der Waals surface area contributed by atoms with E-state index in [2.05, 4.69) is 31.0 Å². The molecule has 3 aliphatic rings. The predicted octanol–water partition coefficient (Wildman–Crippen LogP) is -1.29. The molecule has 3 heterocycles. The molecule has 0 amide bonds. The summed E-state index contributed by atoms with van der Waals surface area (Å²) in [7, 11) is 5.75. The first kappa shape index (κ1) is 34.6. The summed E-state index contributed by atoms with van der Waals surface area (Å²) < 4.78 is 1.56. The van der Waals surface area contributed by atoms with Crippen LogP contribution in [0.3, 0.4) is 0 Å². The van der Waals surface area contributed by atoms with Gasteiger partial charge < -0.3 is 106 Å². The molecule has 34 heavy (non-hydrogen) atoms. The number of rotatable bonds is 3. The van der Waals surface area contributed by atoms with Gasteiger partial charge in [-0.15, -0.1) is 0 Å². The van der Waals surface area contributed by atoms with Crippen LogP contribution < -0.4 is 16.0 Å². The molecule has 3 N–H and O–H groups in total. The molecule has 16 heteroatoms. The van der Waals surface area contributed by atoms with Crippen LogP contribution in [-0.4, -0.2) is 143 Å². The minimum atomic E-state index is 0. The Balaban J connectivity index is 0.000000473. The first-order chi connectivity index (χ1) is 15.6. The van der Waals surface area contributed by atoms with Gasteiger partial charge in [0.05, 0.1) is 0 Å². The van der Waals surface area contributed by atoms with E-state index in [1.54, 1.807) is 0 Å². The summed E-state index contributed by atoms with van der Waals surface area (Å²) in [5, 5.41) is 21.9. The zero-order valence-electron chi connectivity index (χ0n) is 20.0. The molecule has 0 bridgehead atoms. The fraction of sp³-hybridized carbons (Fsp3) is 0.833. The van der Waals surface area contributed by atoms with Gasteiger partial charge in [-0.25, -0.2) is 15.0 Å². The maximum Gasteiger partial charge on any atom is 3.00 e. The molecule has 3 saturated heterocycles. The monoisotopic (exact) mass is 626 g/mol. The molecule has 0 aromatic heterocycles. The zero-order chi connectivity index (χ0) is 24.8. The van der Waals surface area contributed by atoms with Crippen LogP contribution in [0.25, 0.3) is 0 Å². The quantitative estimate of drug-likeness (QED) is 0.198. The summed E-state index contributed by atoms with van der Waals surface area (Å²) in [6.45, 7) is 12.1. The molecule has 0 saturated carbocycles. The minimum absolute atomic E-state index is 0. The first-order valence-electron chi connectivity index (χ1n) is 10.9. The normalized spacial score (nSPS) is 19.1. The minimum Gasteiger partial charge on any atom is -0.410 e. The van der Waals surface area contributed by atoms with Crippen LogP contribution in [0.15, 0.2) is 0 Å². The summed E-state index contributed by atoms with van der Waals surface area (Å²) in [4.78, 5) is 0. The van der Waals surface area contributed by atoms with Crippen molar-refractivity contribution in [3.05, 3.63) is 0 Å². The van der Waals surface area contributed by atoms with E-state index in [9.17, 15) is 0 Å². The average Bonchev–Trinajstić information content (AvgIpc) is 2.84. The fourth-order valence-electron chi connectivity index (χ4n) is 3.21. The molecular formula is C18H36FeN9S6. The van der Waals surface area contributed by atoms with Gasteiger partial charge in [-0.05, 0) is 13.0 Å². The first-order valence-corrected chi connectivity index (χ1v) is 13.3. The number of hydrazine groups is 3. The third-order valence-electron chi connectivity index (χ3n) is 5.35. The summed E-state index contributed by atoms with van der Waals surface area (Å²) in [5.74, 6) is 0. The topological polar surface area (TPSA) is 55.5 Å². The Morgan fingerprint density at radius 3 is 0.853 bits per heavy atom. The number of hydrogen-bond donors (Lipinski definition) is 3. The molecule has 3 aliphatic heterocycles. The Hall–Kier alpha value is 0.609. The van der Waals surface area contributed by atoms with Crippen LogP contribution in [0.4, 0.5) is 0 Å². The third-order valence-corrected chi connectivity index (χ3v) is 6.93. The molecule has 0 aromatic carbocycles. The number of nitrogens with one attached hydrogen (secondary N) is 3. The molecule has 3 rings (SSSR count). The maximum absolute atomic E-state index is 4.88. The van der Waals surface area contributed by atoms with Gasteiger partial charge in [0.25, 0.3) is 0 Å². The van der Waals surface area contributed by atoms with E-state index in [4.69, 9.17) is 74.5 Å². The Morgan fingerprint density at radius 1 is 0.529 bits per heavy atom. The van der Waals surface area contributed by atoms with E-state index in [0.717, 1.165) is 78.5 Å². The largest absolute Gasteiger partial charge is 3.00 e. The van der Waals surface area contributed by atoms with Gasteiger partial charge in [0.1, 0.15) is 0 Å². The van der Waals surface area contributed by atoms with Gasteiger partial charge in [-0.2, -0.15) is 0 Å². The molecular weight excluding hydrogens is 591 g/mol. The summed E-state index contributed by atoms with van der Waals surface area (Å²) in [6, 6.07) is 0. The van der Waals surface area contributed by atoms with Gasteiger partial charge in [-0.1, -0.05) is 0 Å². The van der Waals surface area contributed by atoms with E-state index >= 15 is 0 Å². The van der Waals surface area contributed by atoms with Crippen LogP contribution in [-0.2, 0) is 55.0 Å². The van der Waals surface area contributed by atoms with Gasteiger partial charge in [-0.3, -0.25) is 0 Å². The van der Waals surface area contributed by atoms with Gasteiger partial charge >= 0.3 is 17.1 Å². The van der Waals surface area contributed by atoms with Crippen LogP contribution >= 0.6 is 36.7 Å². The van der Waals surface area contributed by atoms with E-state index in [-0.39, 0.29) is 17.1 Å². The number of piperazine rings is 3.